The number of nitrogens with zero attached hydrogens (tertiary/aromatic N) is 2. The van der Waals surface area contributed by atoms with Gasteiger partial charge in [-0.05, 0) is 46.6 Å². The summed E-state index contributed by atoms with van der Waals surface area (Å²) < 4.78 is 77.9. The predicted octanol–water partition coefficient (Wildman–Crippen LogP) is 9.11. The van der Waals surface area contributed by atoms with Crippen molar-refractivity contribution in [3.8, 4) is 33.6 Å². The van der Waals surface area contributed by atoms with Gasteiger partial charge in [-0.2, -0.15) is 26.3 Å². The Morgan fingerprint density at radius 1 is 0.675 bits per heavy atom. The van der Waals surface area contributed by atoms with E-state index in [9.17, 15) is 26.3 Å². The maximum Gasteiger partial charge on any atom is 0.400 e. The number of benzene rings is 3. The standard InChI is InChI=1S/C20H12F6N.C11H8N.Ir/c1-12-9-18(27-11-15(12)13-5-3-2-4-6-13)14-7-8-16(19(21,22)23)17(10-14)20(24,25)26;1-2-6-10(7-3-1)11-8-4-5-9-12-11;/h2-9,11H,1H3;1-6,8-9H;/q2*-1;. The third-order valence-electron chi connectivity index (χ3n) is 5.66. The normalized spacial score (nSPS) is 11.2. The van der Waals surface area contributed by atoms with Gasteiger partial charge in [-0.25, -0.2) is 0 Å². The smallest absolute Gasteiger partial charge is 0.305 e. The van der Waals surface area contributed by atoms with Gasteiger partial charge in [0.2, 0.25) is 0 Å². The molecule has 3 aromatic carbocycles. The van der Waals surface area contributed by atoms with Crippen LogP contribution >= 0.6 is 0 Å². The van der Waals surface area contributed by atoms with Crippen LogP contribution in [0.15, 0.2) is 103 Å². The van der Waals surface area contributed by atoms with E-state index in [2.05, 4.69) is 16.0 Å². The van der Waals surface area contributed by atoms with Crippen LogP contribution < -0.4 is 0 Å². The first-order valence-corrected chi connectivity index (χ1v) is 11.7. The molecule has 0 fully saturated rings. The van der Waals surface area contributed by atoms with Crippen molar-refractivity contribution in [3.63, 3.8) is 0 Å². The van der Waals surface area contributed by atoms with E-state index < -0.39 is 23.5 Å². The summed E-state index contributed by atoms with van der Waals surface area (Å²) in [6.07, 6.45) is -7.03. The van der Waals surface area contributed by atoms with Gasteiger partial charge in [0.25, 0.3) is 0 Å². The number of hydrogen-bond acceptors (Lipinski definition) is 2. The molecular formula is C31H20F6IrN2-2. The summed E-state index contributed by atoms with van der Waals surface area (Å²) in [4.78, 5) is 8.34. The largest absolute Gasteiger partial charge is 0.400 e. The molecule has 5 aromatic rings. The second kappa shape index (κ2) is 13.0. The molecule has 0 unspecified atom stereocenters. The van der Waals surface area contributed by atoms with Crippen molar-refractivity contribution in [2.75, 3.05) is 0 Å². The zero-order chi connectivity index (χ0) is 28.0. The molecule has 0 atom stereocenters. The van der Waals surface area contributed by atoms with Crippen molar-refractivity contribution in [2.24, 2.45) is 0 Å². The minimum Gasteiger partial charge on any atom is -0.305 e. The molecule has 0 bridgehead atoms. The van der Waals surface area contributed by atoms with Crippen molar-refractivity contribution in [1.29, 1.82) is 0 Å². The molecule has 2 nitrogen and oxygen atoms in total. The second-order valence-corrected chi connectivity index (χ2v) is 8.40. The van der Waals surface area contributed by atoms with Gasteiger partial charge in [-0.3, -0.25) is 0 Å². The Kier molecular flexibility index (Phi) is 10.0. The van der Waals surface area contributed by atoms with Crippen molar-refractivity contribution in [3.05, 3.63) is 132 Å². The van der Waals surface area contributed by atoms with E-state index in [-0.39, 0.29) is 31.4 Å². The fourth-order valence-electron chi connectivity index (χ4n) is 3.80. The minimum absolute atomic E-state index is 0. The van der Waals surface area contributed by atoms with Crippen LogP contribution in [0.1, 0.15) is 16.7 Å². The minimum atomic E-state index is -5.18. The Labute approximate surface area is 241 Å². The van der Waals surface area contributed by atoms with Crippen LogP contribution in [0.4, 0.5) is 26.3 Å². The number of rotatable bonds is 3. The predicted molar refractivity (Wildman–Crippen MR) is 137 cm³/mol. The number of hydrogen-bond donors (Lipinski definition) is 0. The average Bonchev–Trinajstić information content (AvgIpc) is 2.93. The van der Waals surface area contributed by atoms with Crippen molar-refractivity contribution < 1.29 is 46.4 Å². The molecule has 0 saturated carbocycles. The van der Waals surface area contributed by atoms with Crippen molar-refractivity contribution in [2.45, 2.75) is 19.3 Å². The molecule has 0 aliphatic rings. The molecule has 40 heavy (non-hydrogen) atoms. The number of halogens is 6. The van der Waals surface area contributed by atoms with Crippen LogP contribution in [0.2, 0.25) is 0 Å². The van der Waals surface area contributed by atoms with E-state index in [0.29, 0.717) is 6.07 Å². The van der Waals surface area contributed by atoms with Gasteiger partial charge in [-0.1, -0.05) is 48.5 Å². The number of aryl methyl sites for hydroxylation is 1. The summed E-state index contributed by atoms with van der Waals surface area (Å²) >= 11 is 0. The van der Waals surface area contributed by atoms with Crippen LogP contribution in [-0.2, 0) is 32.5 Å². The summed E-state index contributed by atoms with van der Waals surface area (Å²) in [7, 11) is 0. The van der Waals surface area contributed by atoms with Crippen LogP contribution in [-0.4, -0.2) is 9.97 Å². The Morgan fingerprint density at radius 2 is 1.38 bits per heavy atom. The van der Waals surface area contributed by atoms with E-state index in [4.69, 9.17) is 0 Å². The monoisotopic (exact) mass is 727 g/mol. The molecule has 9 heteroatoms. The molecule has 2 aromatic heterocycles. The van der Waals surface area contributed by atoms with Gasteiger partial charge < -0.3 is 9.97 Å². The molecule has 0 amide bonds. The van der Waals surface area contributed by atoms with Gasteiger partial charge in [0.15, 0.2) is 0 Å². The summed E-state index contributed by atoms with van der Waals surface area (Å²) in [5, 5.41) is 0. The molecule has 5 rings (SSSR count). The first kappa shape index (κ1) is 30.7. The maximum absolute atomic E-state index is 13.1. The van der Waals surface area contributed by atoms with Crippen molar-refractivity contribution >= 4 is 0 Å². The molecule has 0 aliphatic heterocycles. The molecule has 1 radical (unpaired) electrons. The Bertz CT molecular complexity index is 1480. The zero-order valence-electron chi connectivity index (χ0n) is 20.8. The quantitative estimate of drug-likeness (QED) is 0.137. The maximum atomic E-state index is 13.1. The Balaban J connectivity index is 0.000000283. The van der Waals surface area contributed by atoms with E-state index in [1.165, 1.54) is 12.3 Å². The van der Waals surface area contributed by atoms with Gasteiger partial charge in [0.1, 0.15) is 0 Å². The van der Waals surface area contributed by atoms with Crippen LogP contribution in [0.25, 0.3) is 33.6 Å². The second-order valence-electron chi connectivity index (χ2n) is 8.40. The molecule has 2 heterocycles. The topological polar surface area (TPSA) is 25.8 Å². The third kappa shape index (κ3) is 7.64. The average molecular weight is 727 g/mol. The fourth-order valence-corrected chi connectivity index (χ4v) is 3.80. The van der Waals surface area contributed by atoms with Crippen LogP contribution in [0.3, 0.4) is 0 Å². The zero-order valence-corrected chi connectivity index (χ0v) is 23.2. The number of aromatic nitrogens is 2. The van der Waals surface area contributed by atoms with Crippen molar-refractivity contribution in [1.82, 2.24) is 9.97 Å². The molecule has 0 spiro atoms. The Morgan fingerprint density at radius 3 is 1.95 bits per heavy atom. The van der Waals surface area contributed by atoms with E-state index in [0.717, 1.165) is 34.0 Å². The summed E-state index contributed by atoms with van der Waals surface area (Å²) in [5.41, 5.74) is 0.743. The summed E-state index contributed by atoms with van der Waals surface area (Å²) in [6, 6.07) is 30.8. The first-order chi connectivity index (χ1) is 18.5. The molecule has 207 valence electrons. The molecule has 0 saturated heterocycles. The van der Waals surface area contributed by atoms with E-state index >= 15 is 0 Å². The van der Waals surface area contributed by atoms with Gasteiger partial charge in [0.05, 0.1) is 0 Å². The van der Waals surface area contributed by atoms with Gasteiger partial charge in [0, 0.05) is 38.1 Å². The van der Waals surface area contributed by atoms with Gasteiger partial charge in [-0.15, -0.1) is 59.7 Å². The van der Waals surface area contributed by atoms with E-state index in [1.807, 2.05) is 78.9 Å². The third-order valence-corrected chi connectivity index (χ3v) is 5.66. The number of pyridine rings is 2. The van der Waals surface area contributed by atoms with Crippen LogP contribution in [0.5, 0.6) is 0 Å². The number of alkyl halides is 6. The molecular weight excluding hydrogens is 707 g/mol. The summed E-state index contributed by atoms with van der Waals surface area (Å²) in [5.74, 6) is 0. The van der Waals surface area contributed by atoms with Crippen LogP contribution in [0, 0.1) is 19.1 Å². The molecule has 0 aliphatic carbocycles. The Hall–Kier alpha value is -3.81. The van der Waals surface area contributed by atoms with Gasteiger partial charge >= 0.3 is 12.4 Å². The molecule has 0 N–H and O–H groups in total. The fraction of sp³-hybridized carbons (Fsp3) is 0.0968. The first-order valence-electron chi connectivity index (χ1n) is 11.7. The summed E-state index contributed by atoms with van der Waals surface area (Å²) in [6.45, 7) is 1.75. The van der Waals surface area contributed by atoms with E-state index in [1.54, 1.807) is 13.1 Å². The SMILES string of the molecule is Cc1cc(-c2[c-]c(C(F)(F)F)c(C(F)(F)F)cc2)ncc1-c1ccccc1.[Ir].[c-]1ccccc1-c1ccccn1.